The molecule has 1 aromatic rings. The van der Waals surface area contributed by atoms with Crippen LogP contribution >= 0.6 is 0 Å². The first kappa shape index (κ1) is 12.6. The molecular formula is C12H18O4. The van der Waals surface area contributed by atoms with Crippen molar-refractivity contribution in [2.45, 2.75) is 12.8 Å². The van der Waals surface area contributed by atoms with E-state index in [2.05, 4.69) is 0 Å². The summed E-state index contributed by atoms with van der Waals surface area (Å²) < 4.78 is 16.0. The molecule has 1 aromatic carbocycles. The largest absolute Gasteiger partial charge is 0.493 e. The second-order valence-electron chi connectivity index (χ2n) is 3.27. The van der Waals surface area contributed by atoms with Gasteiger partial charge in [0.15, 0.2) is 11.5 Å². The van der Waals surface area contributed by atoms with Crippen LogP contribution in [0.1, 0.15) is 12.8 Å². The summed E-state index contributed by atoms with van der Waals surface area (Å²) in [6.07, 6.45) is 1.54. The lowest BCUT2D eigenvalue weighted by Gasteiger charge is -2.13. The molecule has 0 heterocycles. The fraction of sp³-hybridized carbons (Fsp3) is 0.500. The van der Waals surface area contributed by atoms with Crippen LogP contribution in [0.3, 0.4) is 0 Å². The number of aliphatic hydroxyl groups excluding tert-OH is 1. The number of para-hydroxylation sites is 1. The highest BCUT2D eigenvalue weighted by Gasteiger charge is 2.10. The second-order valence-corrected chi connectivity index (χ2v) is 3.27. The molecule has 0 fully saturated rings. The molecule has 1 rings (SSSR count). The summed E-state index contributed by atoms with van der Waals surface area (Å²) in [7, 11) is 3.19. The van der Waals surface area contributed by atoms with E-state index in [9.17, 15) is 0 Å². The summed E-state index contributed by atoms with van der Waals surface area (Å²) in [5.41, 5.74) is 0. The van der Waals surface area contributed by atoms with Gasteiger partial charge in [-0.3, -0.25) is 0 Å². The minimum absolute atomic E-state index is 0.187. The quantitative estimate of drug-likeness (QED) is 0.721. The fourth-order valence-corrected chi connectivity index (χ4v) is 1.35. The smallest absolute Gasteiger partial charge is 0.203 e. The third-order valence-electron chi connectivity index (χ3n) is 2.18. The van der Waals surface area contributed by atoms with Crippen LogP contribution in [0.25, 0.3) is 0 Å². The highest BCUT2D eigenvalue weighted by atomic mass is 16.5. The van der Waals surface area contributed by atoms with E-state index >= 15 is 0 Å². The molecule has 0 saturated carbocycles. The maximum Gasteiger partial charge on any atom is 0.203 e. The first-order chi connectivity index (χ1) is 7.83. The van der Waals surface area contributed by atoms with Gasteiger partial charge in [-0.2, -0.15) is 0 Å². The van der Waals surface area contributed by atoms with E-state index in [0.717, 1.165) is 12.8 Å². The van der Waals surface area contributed by atoms with Crippen molar-refractivity contribution in [2.75, 3.05) is 27.4 Å². The Balaban J connectivity index is 2.67. The fourth-order valence-electron chi connectivity index (χ4n) is 1.35. The van der Waals surface area contributed by atoms with Gasteiger partial charge in [-0.15, -0.1) is 0 Å². The Labute approximate surface area is 95.8 Å². The van der Waals surface area contributed by atoms with E-state index in [1.807, 2.05) is 18.2 Å². The number of aliphatic hydroxyl groups is 1. The van der Waals surface area contributed by atoms with Gasteiger partial charge in [0.1, 0.15) is 0 Å². The molecule has 16 heavy (non-hydrogen) atoms. The number of unbranched alkanes of at least 4 members (excludes halogenated alkanes) is 1. The van der Waals surface area contributed by atoms with Crippen LogP contribution in [0.5, 0.6) is 17.2 Å². The van der Waals surface area contributed by atoms with Crippen molar-refractivity contribution in [2.24, 2.45) is 0 Å². The number of benzene rings is 1. The normalized spacial score (nSPS) is 9.94. The average Bonchev–Trinajstić information content (AvgIpc) is 2.34. The molecule has 0 saturated heterocycles. The molecule has 0 aliphatic rings. The molecule has 0 spiro atoms. The first-order valence-electron chi connectivity index (χ1n) is 5.28. The van der Waals surface area contributed by atoms with Crippen molar-refractivity contribution in [3.63, 3.8) is 0 Å². The van der Waals surface area contributed by atoms with Crippen molar-refractivity contribution < 1.29 is 19.3 Å². The second kappa shape index (κ2) is 6.95. The maximum absolute atomic E-state index is 8.66. The molecular weight excluding hydrogens is 208 g/mol. The summed E-state index contributed by atoms with van der Waals surface area (Å²) in [5, 5.41) is 8.66. The molecule has 0 aliphatic carbocycles. The zero-order valence-corrected chi connectivity index (χ0v) is 9.73. The minimum Gasteiger partial charge on any atom is -0.493 e. The summed E-state index contributed by atoms with van der Waals surface area (Å²) in [4.78, 5) is 0. The van der Waals surface area contributed by atoms with Crippen molar-refractivity contribution >= 4 is 0 Å². The van der Waals surface area contributed by atoms with Gasteiger partial charge < -0.3 is 19.3 Å². The van der Waals surface area contributed by atoms with Gasteiger partial charge in [-0.25, -0.2) is 0 Å². The average molecular weight is 226 g/mol. The maximum atomic E-state index is 8.66. The van der Waals surface area contributed by atoms with E-state index in [1.54, 1.807) is 14.2 Å². The Kier molecular flexibility index (Phi) is 5.50. The zero-order valence-electron chi connectivity index (χ0n) is 9.73. The van der Waals surface area contributed by atoms with Crippen LogP contribution in [0.15, 0.2) is 18.2 Å². The van der Waals surface area contributed by atoms with Gasteiger partial charge in [-0.05, 0) is 25.0 Å². The minimum atomic E-state index is 0.187. The van der Waals surface area contributed by atoms with Crippen molar-refractivity contribution in [3.05, 3.63) is 18.2 Å². The lowest BCUT2D eigenvalue weighted by atomic mass is 10.3. The Morgan fingerprint density at radius 1 is 1.06 bits per heavy atom. The van der Waals surface area contributed by atoms with Crippen LogP contribution in [0, 0.1) is 0 Å². The molecule has 0 radical (unpaired) electrons. The van der Waals surface area contributed by atoms with E-state index < -0.39 is 0 Å². The summed E-state index contributed by atoms with van der Waals surface area (Å²) in [6, 6.07) is 5.49. The molecule has 0 aliphatic heterocycles. The number of hydrogen-bond donors (Lipinski definition) is 1. The van der Waals surface area contributed by atoms with Gasteiger partial charge >= 0.3 is 0 Å². The standard InChI is InChI=1S/C12H18O4/c1-14-10-6-5-7-11(15-2)12(10)16-9-4-3-8-13/h5-7,13H,3-4,8-9H2,1-2H3. The van der Waals surface area contributed by atoms with Gasteiger partial charge in [0.2, 0.25) is 5.75 Å². The zero-order chi connectivity index (χ0) is 11.8. The lowest BCUT2D eigenvalue weighted by molar-refractivity contribution is 0.240. The summed E-state index contributed by atoms with van der Waals surface area (Å²) >= 11 is 0. The third kappa shape index (κ3) is 3.31. The first-order valence-corrected chi connectivity index (χ1v) is 5.28. The van der Waals surface area contributed by atoms with Crippen molar-refractivity contribution in [3.8, 4) is 17.2 Å². The van der Waals surface area contributed by atoms with Crippen molar-refractivity contribution in [1.82, 2.24) is 0 Å². The Hall–Kier alpha value is -1.42. The molecule has 90 valence electrons. The van der Waals surface area contributed by atoms with E-state index in [1.165, 1.54) is 0 Å². The van der Waals surface area contributed by atoms with Crippen LogP contribution in [-0.2, 0) is 0 Å². The van der Waals surface area contributed by atoms with Gasteiger partial charge in [-0.1, -0.05) is 6.07 Å². The highest BCUT2D eigenvalue weighted by molar-refractivity contribution is 5.50. The van der Waals surface area contributed by atoms with E-state index in [-0.39, 0.29) is 6.61 Å². The molecule has 0 unspecified atom stereocenters. The Morgan fingerprint density at radius 2 is 1.69 bits per heavy atom. The number of methoxy groups -OCH3 is 2. The molecule has 0 amide bonds. The molecule has 1 N–H and O–H groups in total. The van der Waals surface area contributed by atoms with Crippen molar-refractivity contribution in [1.29, 1.82) is 0 Å². The van der Waals surface area contributed by atoms with Crippen LogP contribution < -0.4 is 14.2 Å². The monoisotopic (exact) mass is 226 g/mol. The van der Waals surface area contributed by atoms with Gasteiger partial charge in [0.25, 0.3) is 0 Å². The number of rotatable bonds is 7. The van der Waals surface area contributed by atoms with E-state index in [4.69, 9.17) is 19.3 Å². The molecule has 0 bridgehead atoms. The number of hydrogen-bond acceptors (Lipinski definition) is 4. The summed E-state index contributed by atoms with van der Waals surface area (Å²) in [5.74, 6) is 1.93. The topological polar surface area (TPSA) is 47.9 Å². The predicted molar refractivity (Wildman–Crippen MR) is 61.4 cm³/mol. The SMILES string of the molecule is COc1cccc(OC)c1OCCCCO. The molecule has 4 heteroatoms. The van der Waals surface area contributed by atoms with Crippen LogP contribution in [-0.4, -0.2) is 32.5 Å². The van der Waals surface area contributed by atoms with Crippen LogP contribution in [0.2, 0.25) is 0 Å². The van der Waals surface area contributed by atoms with Crippen LogP contribution in [0.4, 0.5) is 0 Å². The predicted octanol–water partition coefficient (Wildman–Crippen LogP) is 1.86. The molecule has 0 aromatic heterocycles. The lowest BCUT2D eigenvalue weighted by Crippen LogP contribution is -2.02. The number of ether oxygens (including phenoxy) is 3. The highest BCUT2D eigenvalue weighted by Crippen LogP contribution is 2.36. The Bertz CT molecular complexity index is 290. The van der Waals surface area contributed by atoms with Gasteiger partial charge in [0, 0.05) is 6.61 Å². The summed E-state index contributed by atoms with van der Waals surface area (Å²) in [6.45, 7) is 0.726. The molecule has 0 atom stereocenters. The third-order valence-corrected chi connectivity index (χ3v) is 2.18. The Morgan fingerprint density at radius 3 is 2.19 bits per heavy atom. The van der Waals surface area contributed by atoms with E-state index in [0.29, 0.717) is 23.9 Å². The molecule has 4 nitrogen and oxygen atoms in total. The van der Waals surface area contributed by atoms with Gasteiger partial charge in [0.05, 0.1) is 20.8 Å².